The van der Waals surface area contributed by atoms with E-state index in [0.29, 0.717) is 9.25 Å². The SMILES string of the molecule is O=C(CC(C(=O)NCCO)c1cccc(OC(F)(F)F)c1)Cn1nc(-c2ccc(Cl)cc2)n(C[C@H](O)C(F)(F)F)c1=O. The first-order valence-electron chi connectivity index (χ1n) is 12.0. The van der Waals surface area contributed by atoms with Gasteiger partial charge in [0.05, 0.1) is 19.1 Å². The third-order valence-corrected chi connectivity index (χ3v) is 5.99. The number of hydrogen-bond acceptors (Lipinski definition) is 7. The summed E-state index contributed by atoms with van der Waals surface area (Å²) in [5.41, 5.74) is -1.10. The van der Waals surface area contributed by atoms with Crippen LogP contribution in [0, 0.1) is 0 Å². The van der Waals surface area contributed by atoms with Gasteiger partial charge in [-0.25, -0.2) is 9.48 Å². The normalized spacial score (nSPS) is 13.5. The zero-order valence-electron chi connectivity index (χ0n) is 21.3. The Labute approximate surface area is 238 Å². The molecule has 0 fully saturated rings. The number of aliphatic hydroxyl groups excluding tert-OH is 2. The van der Waals surface area contributed by atoms with Gasteiger partial charge >= 0.3 is 18.2 Å². The van der Waals surface area contributed by atoms with Crippen molar-refractivity contribution in [3.63, 3.8) is 0 Å². The topological polar surface area (TPSA) is 136 Å². The van der Waals surface area contributed by atoms with Gasteiger partial charge in [0.1, 0.15) is 12.3 Å². The van der Waals surface area contributed by atoms with Crippen molar-refractivity contribution in [3.05, 3.63) is 69.6 Å². The Kier molecular flexibility index (Phi) is 10.4. The molecule has 17 heteroatoms. The van der Waals surface area contributed by atoms with Gasteiger partial charge in [0.2, 0.25) is 5.91 Å². The predicted molar refractivity (Wildman–Crippen MR) is 135 cm³/mol. The molecular weight excluding hydrogens is 602 g/mol. The average molecular weight is 625 g/mol. The minimum absolute atomic E-state index is 0.0615. The van der Waals surface area contributed by atoms with Crippen LogP contribution in [0.4, 0.5) is 26.3 Å². The number of rotatable bonds is 12. The Bertz CT molecular complexity index is 1460. The third-order valence-electron chi connectivity index (χ3n) is 5.74. The Morgan fingerprint density at radius 3 is 2.33 bits per heavy atom. The Balaban J connectivity index is 1.94. The fourth-order valence-corrected chi connectivity index (χ4v) is 3.98. The largest absolute Gasteiger partial charge is 0.573 e. The smallest absolute Gasteiger partial charge is 0.406 e. The van der Waals surface area contributed by atoms with E-state index in [2.05, 4.69) is 15.2 Å². The molecule has 3 N–H and O–H groups in total. The number of nitrogens with zero attached hydrogens (tertiary/aromatic N) is 3. The van der Waals surface area contributed by atoms with Gasteiger partial charge < -0.3 is 20.3 Å². The number of carbonyl (C=O) groups is 2. The zero-order valence-corrected chi connectivity index (χ0v) is 22.1. The lowest BCUT2D eigenvalue weighted by atomic mass is 9.92. The van der Waals surface area contributed by atoms with E-state index in [1.165, 1.54) is 30.3 Å². The van der Waals surface area contributed by atoms with E-state index in [0.717, 1.165) is 18.2 Å². The number of ether oxygens (including phenoxy) is 1. The Morgan fingerprint density at radius 2 is 1.74 bits per heavy atom. The lowest BCUT2D eigenvalue weighted by Crippen LogP contribution is -2.38. The van der Waals surface area contributed by atoms with Gasteiger partial charge in [-0.15, -0.1) is 18.3 Å². The van der Waals surface area contributed by atoms with E-state index in [9.17, 15) is 45.8 Å². The van der Waals surface area contributed by atoms with Crippen LogP contribution in [0.2, 0.25) is 5.02 Å². The summed E-state index contributed by atoms with van der Waals surface area (Å²) >= 11 is 5.85. The van der Waals surface area contributed by atoms with Crippen LogP contribution in [0.1, 0.15) is 17.9 Å². The van der Waals surface area contributed by atoms with E-state index in [1.807, 2.05) is 0 Å². The van der Waals surface area contributed by atoms with Crippen LogP contribution in [0.15, 0.2) is 53.3 Å². The molecule has 228 valence electrons. The highest BCUT2D eigenvalue weighted by atomic mass is 35.5. The summed E-state index contributed by atoms with van der Waals surface area (Å²) in [6.45, 7) is -2.80. The van der Waals surface area contributed by atoms with E-state index in [-0.39, 0.29) is 28.5 Å². The number of hydrogen-bond donors (Lipinski definition) is 3. The fourth-order valence-electron chi connectivity index (χ4n) is 3.85. The van der Waals surface area contributed by atoms with Crippen molar-refractivity contribution >= 4 is 23.3 Å². The van der Waals surface area contributed by atoms with Gasteiger partial charge in [0.15, 0.2) is 17.7 Å². The summed E-state index contributed by atoms with van der Waals surface area (Å²) in [5.74, 6) is -4.07. The quantitative estimate of drug-likeness (QED) is 0.264. The molecular formula is C25H23ClF6N4O6. The minimum Gasteiger partial charge on any atom is -0.406 e. The first kappa shape index (κ1) is 32.6. The molecule has 0 aliphatic carbocycles. The molecule has 1 heterocycles. The third kappa shape index (κ3) is 8.80. The highest BCUT2D eigenvalue weighted by Crippen LogP contribution is 2.29. The standard InChI is InChI=1S/C25H23ClF6N4O6/c26-16-6-4-14(5-7-16)21-34-36(23(41)35(21)13-20(39)24(27,28)29)12-17(38)11-19(22(40)33-8-9-37)15-2-1-3-18(10-15)42-25(30,31)32/h1-7,10,19-20,37,39H,8-9,11-13H2,(H,33,40)/t19?,20-/m0/s1. The Morgan fingerprint density at radius 1 is 1.07 bits per heavy atom. The van der Waals surface area contributed by atoms with E-state index >= 15 is 0 Å². The van der Waals surface area contributed by atoms with Crippen molar-refractivity contribution in [3.8, 4) is 17.1 Å². The van der Waals surface area contributed by atoms with Gasteiger partial charge in [-0.05, 0) is 42.0 Å². The van der Waals surface area contributed by atoms with Crippen LogP contribution in [0.3, 0.4) is 0 Å². The first-order chi connectivity index (χ1) is 19.6. The van der Waals surface area contributed by atoms with Crippen LogP contribution < -0.4 is 15.7 Å². The van der Waals surface area contributed by atoms with Crippen molar-refractivity contribution < 1.29 is 50.9 Å². The molecule has 0 aliphatic rings. The molecule has 0 radical (unpaired) electrons. The molecule has 0 saturated carbocycles. The van der Waals surface area contributed by atoms with Gasteiger partial charge in [0.25, 0.3) is 0 Å². The molecule has 0 bridgehead atoms. The molecule has 3 aromatic rings. The number of benzene rings is 2. The lowest BCUT2D eigenvalue weighted by Gasteiger charge is -2.18. The summed E-state index contributed by atoms with van der Waals surface area (Å²) < 4.78 is 82.2. The lowest BCUT2D eigenvalue weighted by molar-refractivity contribution is -0.274. The molecule has 1 aromatic heterocycles. The zero-order chi connectivity index (χ0) is 31.2. The number of Topliss-reactive ketones (excluding diaryl/α,β-unsaturated/α-hetero) is 1. The average Bonchev–Trinajstić information content (AvgIpc) is 3.19. The van der Waals surface area contributed by atoms with Gasteiger partial charge in [-0.3, -0.25) is 14.2 Å². The maximum Gasteiger partial charge on any atom is 0.573 e. The number of halogens is 7. The van der Waals surface area contributed by atoms with Crippen molar-refractivity contribution in [2.75, 3.05) is 13.2 Å². The van der Waals surface area contributed by atoms with E-state index < -0.39 is 73.8 Å². The fraction of sp³-hybridized carbons (Fsp3) is 0.360. The molecule has 2 atom stereocenters. The number of carbonyl (C=O) groups excluding carboxylic acids is 2. The number of alkyl halides is 6. The Hall–Kier alpha value is -3.89. The van der Waals surface area contributed by atoms with Crippen LogP contribution >= 0.6 is 11.6 Å². The second kappa shape index (κ2) is 13.4. The predicted octanol–water partition coefficient (Wildman–Crippen LogP) is 3.04. The van der Waals surface area contributed by atoms with Gasteiger partial charge in [-0.1, -0.05) is 23.7 Å². The molecule has 1 unspecified atom stereocenters. The summed E-state index contributed by atoms with van der Waals surface area (Å²) in [4.78, 5) is 38.8. The minimum atomic E-state index is -5.08. The number of nitrogens with one attached hydrogen (secondary N) is 1. The van der Waals surface area contributed by atoms with Gasteiger partial charge in [-0.2, -0.15) is 13.2 Å². The van der Waals surface area contributed by atoms with Crippen molar-refractivity contribution in [1.29, 1.82) is 0 Å². The number of aromatic nitrogens is 3. The van der Waals surface area contributed by atoms with Crippen LogP contribution in [-0.2, 0) is 22.7 Å². The maximum absolute atomic E-state index is 13.1. The van der Waals surface area contributed by atoms with Crippen molar-refractivity contribution in [2.45, 2.75) is 44.1 Å². The number of aliphatic hydroxyl groups is 2. The molecule has 10 nitrogen and oxygen atoms in total. The number of ketones is 1. The van der Waals surface area contributed by atoms with Crippen LogP contribution in [0.25, 0.3) is 11.4 Å². The maximum atomic E-state index is 13.1. The molecule has 2 aromatic carbocycles. The summed E-state index contributed by atoms with van der Waals surface area (Å²) in [6, 6.07) is 9.74. The van der Waals surface area contributed by atoms with Crippen molar-refractivity contribution in [1.82, 2.24) is 19.7 Å². The molecule has 0 saturated heterocycles. The van der Waals surface area contributed by atoms with E-state index in [4.69, 9.17) is 16.7 Å². The number of amides is 1. The highest BCUT2D eigenvalue weighted by Gasteiger charge is 2.39. The highest BCUT2D eigenvalue weighted by molar-refractivity contribution is 6.30. The van der Waals surface area contributed by atoms with Crippen LogP contribution in [-0.4, -0.2) is 68.0 Å². The summed E-state index contributed by atoms with van der Waals surface area (Å²) in [6.07, 6.45) is -13.7. The molecule has 0 spiro atoms. The molecule has 1 amide bonds. The first-order valence-corrected chi connectivity index (χ1v) is 12.4. The van der Waals surface area contributed by atoms with Crippen molar-refractivity contribution in [2.24, 2.45) is 0 Å². The second-order valence-corrected chi connectivity index (χ2v) is 9.31. The second-order valence-electron chi connectivity index (χ2n) is 8.87. The van der Waals surface area contributed by atoms with Crippen LogP contribution in [0.5, 0.6) is 5.75 Å². The van der Waals surface area contributed by atoms with E-state index in [1.54, 1.807) is 0 Å². The monoisotopic (exact) mass is 624 g/mol. The molecule has 42 heavy (non-hydrogen) atoms. The van der Waals surface area contributed by atoms with Gasteiger partial charge in [0, 0.05) is 23.6 Å². The summed E-state index contributed by atoms with van der Waals surface area (Å²) in [7, 11) is 0. The molecule has 3 rings (SSSR count). The summed E-state index contributed by atoms with van der Waals surface area (Å²) in [5, 5.41) is 25.2. The molecule has 0 aliphatic heterocycles.